The number of fused-ring (bicyclic) bond motifs is 3. The fourth-order valence-electron chi connectivity index (χ4n) is 5.75. The largest absolute Gasteiger partial charge is 0.481 e. The highest BCUT2D eigenvalue weighted by Gasteiger charge is 2.32. The van der Waals surface area contributed by atoms with Crippen LogP contribution in [0.5, 0.6) is 0 Å². The van der Waals surface area contributed by atoms with Crippen LogP contribution in [-0.4, -0.2) is 35.2 Å². The molecule has 4 heterocycles. The number of aromatic nitrogens is 5. The second-order valence-corrected chi connectivity index (χ2v) is 10.7. The Bertz CT molecular complexity index is 1660. The molecule has 8 heteroatoms. The SMILES string of the molecule is O=C(O)C1CCC(n2cc(-c3cnc4ccn5c(C6CC6)c(-c6ccccc6Cl)nc5c4c3)cn2)CC1. The standard InChI is InChI=1S/C29H26ClN5O2/c30-24-4-2-1-3-22(24)26-27(17-5-6-17)34-12-11-25-23(28(34)33-26)13-19(14-31-25)20-15-32-35(16-20)21-9-7-18(8-10-21)29(36)37/h1-4,11-18,21H,5-10H2,(H,36,37). The van der Waals surface area contributed by atoms with E-state index in [1.54, 1.807) is 0 Å². The summed E-state index contributed by atoms with van der Waals surface area (Å²) in [5.41, 5.74) is 6.91. The van der Waals surface area contributed by atoms with Gasteiger partial charge in [-0.3, -0.25) is 14.5 Å². The minimum atomic E-state index is -0.685. The van der Waals surface area contributed by atoms with Gasteiger partial charge in [0.2, 0.25) is 0 Å². The van der Waals surface area contributed by atoms with E-state index in [1.165, 1.54) is 5.69 Å². The molecule has 186 valence electrons. The number of carboxylic acids is 1. The highest BCUT2D eigenvalue weighted by molar-refractivity contribution is 6.33. The van der Waals surface area contributed by atoms with E-state index in [0.29, 0.717) is 23.8 Å². The number of hydrogen-bond donors (Lipinski definition) is 1. The summed E-state index contributed by atoms with van der Waals surface area (Å²) in [5, 5.41) is 15.6. The molecule has 0 spiro atoms. The summed E-state index contributed by atoms with van der Waals surface area (Å²) in [6, 6.07) is 12.4. The number of halogens is 1. The molecule has 2 aliphatic rings. The van der Waals surface area contributed by atoms with Crippen LogP contribution in [0.25, 0.3) is 38.9 Å². The van der Waals surface area contributed by atoms with Gasteiger partial charge in [0.25, 0.3) is 0 Å². The molecule has 2 aliphatic carbocycles. The zero-order valence-electron chi connectivity index (χ0n) is 20.2. The summed E-state index contributed by atoms with van der Waals surface area (Å²) in [7, 11) is 0. The van der Waals surface area contributed by atoms with E-state index >= 15 is 0 Å². The molecule has 0 atom stereocenters. The first-order valence-corrected chi connectivity index (χ1v) is 13.3. The van der Waals surface area contributed by atoms with E-state index in [0.717, 1.165) is 64.6 Å². The van der Waals surface area contributed by atoms with Gasteiger partial charge in [-0.05, 0) is 56.7 Å². The molecule has 0 aliphatic heterocycles. The van der Waals surface area contributed by atoms with Crippen molar-refractivity contribution in [1.82, 2.24) is 24.1 Å². The Balaban J connectivity index is 1.29. The van der Waals surface area contributed by atoms with E-state index in [2.05, 4.69) is 34.0 Å². The monoisotopic (exact) mass is 511 g/mol. The first-order valence-electron chi connectivity index (χ1n) is 12.9. The maximum atomic E-state index is 11.3. The van der Waals surface area contributed by atoms with Crippen LogP contribution >= 0.6 is 11.6 Å². The number of rotatable bonds is 5. The van der Waals surface area contributed by atoms with Crippen LogP contribution in [0.3, 0.4) is 0 Å². The van der Waals surface area contributed by atoms with Gasteiger partial charge in [-0.1, -0.05) is 29.8 Å². The lowest BCUT2D eigenvalue weighted by Crippen LogP contribution is -2.23. The molecular weight excluding hydrogens is 486 g/mol. The van der Waals surface area contributed by atoms with Crippen molar-refractivity contribution < 1.29 is 9.90 Å². The molecule has 0 saturated heterocycles. The third-order valence-electron chi connectivity index (χ3n) is 7.94. The summed E-state index contributed by atoms with van der Waals surface area (Å²) in [6.07, 6.45) is 13.3. The molecule has 4 aromatic heterocycles. The highest BCUT2D eigenvalue weighted by Crippen LogP contribution is 2.46. The van der Waals surface area contributed by atoms with Crippen molar-refractivity contribution in [3.05, 3.63) is 71.9 Å². The van der Waals surface area contributed by atoms with Gasteiger partial charge in [0.15, 0.2) is 0 Å². The van der Waals surface area contributed by atoms with Crippen molar-refractivity contribution in [2.75, 3.05) is 0 Å². The molecule has 0 amide bonds. The fourth-order valence-corrected chi connectivity index (χ4v) is 5.97. The van der Waals surface area contributed by atoms with Crippen LogP contribution in [-0.2, 0) is 4.79 Å². The maximum Gasteiger partial charge on any atom is 0.306 e. The van der Waals surface area contributed by atoms with Crippen molar-refractivity contribution in [1.29, 1.82) is 0 Å². The Labute approximate surface area is 218 Å². The van der Waals surface area contributed by atoms with Gasteiger partial charge in [0.1, 0.15) is 5.65 Å². The predicted molar refractivity (Wildman–Crippen MR) is 143 cm³/mol. The molecule has 0 bridgehead atoms. The Kier molecular flexibility index (Phi) is 5.29. The third kappa shape index (κ3) is 3.89. The summed E-state index contributed by atoms with van der Waals surface area (Å²) in [5.74, 6) is -0.428. The number of hydrogen-bond acceptors (Lipinski definition) is 4. The third-order valence-corrected chi connectivity index (χ3v) is 8.27. The van der Waals surface area contributed by atoms with Crippen molar-refractivity contribution in [2.24, 2.45) is 5.92 Å². The fraction of sp³-hybridized carbons (Fsp3) is 0.310. The number of carbonyl (C=O) groups is 1. The average Bonchev–Trinajstić information content (AvgIpc) is 3.49. The summed E-state index contributed by atoms with van der Waals surface area (Å²) in [6.45, 7) is 0. The lowest BCUT2D eigenvalue weighted by molar-refractivity contribution is -0.143. The highest BCUT2D eigenvalue weighted by atomic mass is 35.5. The van der Waals surface area contributed by atoms with E-state index in [4.69, 9.17) is 21.6 Å². The minimum Gasteiger partial charge on any atom is -0.481 e. The van der Waals surface area contributed by atoms with E-state index in [-0.39, 0.29) is 12.0 Å². The first-order chi connectivity index (χ1) is 18.1. The van der Waals surface area contributed by atoms with Crippen LogP contribution in [0.1, 0.15) is 56.2 Å². The zero-order valence-corrected chi connectivity index (χ0v) is 21.0. The maximum absolute atomic E-state index is 11.3. The molecule has 7 nitrogen and oxygen atoms in total. The second-order valence-electron chi connectivity index (χ2n) is 10.3. The zero-order chi connectivity index (χ0) is 25.1. The number of aliphatic carboxylic acids is 1. The average molecular weight is 512 g/mol. The molecule has 2 saturated carbocycles. The van der Waals surface area contributed by atoms with Gasteiger partial charge in [0.05, 0.1) is 40.1 Å². The smallest absolute Gasteiger partial charge is 0.306 e. The Hall–Kier alpha value is -3.71. The first kappa shape index (κ1) is 22.5. The summed E-state index contributed by atoms with van der Waals surface area (Å²) in [4.78, 5) is 21.2. The molecule has 7 rings (SSSR count). The molecule has 5 aromatic rings. The second kappa shape index (κ2) is 8.70. The van der Waals surface area contributed by atoms with Gasteiger partial charge in [-0.15, -0.1) is 0 Å². The Morgan fingerprint density at radius 2 is 1.81 bits per heavy atom. The van der Waals surface area contributed by atoms with Gasteiger partial charge in [-0.2, -0.15) is 5.10 Å². The predicted octanol–water partition coefficient (Wildman–Crippen LogP) is 6.76. The van der Waals surface area contributed by atoms with Crippen molar-refractivity contribution >= 4 is 34.1 Å². The topological polar surface area (TPSA) is 85.3 Å². The van der Waals surface area contributed by atoms with Crippen LogP contribution in [0, 0.1) is 5.92 Å². The van der Waals surface area contributed by atoms with E-state index < -0.39 is 5.97 Å². The van der Waals surface area contributed by atoms with Crippen molar-refractivity contribution in [3.63, 3.8) is 0 Å². The molecular formula is C29H26ClN5O2. The van der Waals surface area contributed by atoms with Crippen LogP contribution in [0.2, 0.25) is 5.02 Å². The van der Waals surface area contributed by atoms with Gasteiger partial charge in [-0.25, -0.2) is 4.98 Å². The van der Waals surface area contributed by atoms with Crippen LogP contribution in [0.15, 0.2) is 61.2 Å². The summed E-state index contributed by atoms with van der Waals surface area (Å²) < 4.78 is 4.21. The quantitative estimate of drug-likeness (QED) is 0.282. The van der Waals surface area contributed by atoms with Crippen molar-refractivity contribution in [2.45, 2.75) is 50.5 Å². The van der Waals surface area contributed by atoms with Gasteiger partial charge < -0.3 is 9.51 Å². The molecule has 37 heavy (non-hydrogen) atoms. The van der Waals surface area contributed by atoms with Crippen LogP contribution in [0.4, 0.5) is 0 Å². The Morgan fingerprint density at radius 3 is 2.57 bits per heavy atom. The lowest BCUT2D eigenvalue weighted by atomic mass is 9.86. The normalized spacial score (nSPS) is 20.0. The van der Waals surface area contributed by atoms with Gasteiger partial charge in [0, 0.05) is 46.6 Å². The minimum absolute atomic E-state index is 0.232. The number of carboxylic acid groups (broad SMARTS) is 1. The lowest BCUT2D eigenvalue weighted by Gasteiger charge is -2.26. The molecule has 1 aromatic carbocycles. The Morgan fingerprint density at radius 1 is 1.00 bits per heavy atom. The molecule has 1 N–H and O–H groups in total. The molecule has 2 fully saturated rings. The number of nitrogens with zero attached hydrogens (tertiary/aromatic N) is 5. The molecule has 0 radical (unpaired) electrons. The molecule has 0 unspecified atom stereocenters. The van der Waals surface area contributed by atoms with Gasteiger partial charge >= 0.3 is 5.97 Å². The number of imidazole rings is 1. The van der Waals surface area contributed by atoms with Crippen LogP contribution < -0.4 is 0 Å². The number of pyridine rings is 2. The van der Waals surface area contributed by atoms with Crippen molar-refractivity contribution in [3.8, 4) is 22.4 Å². The van der Waals surface area contributed by atoms with E-state index in [9.17, 15) is 9.90 Å². The summed E-state index contributed by atoms with van der Waals surface area (Å²) >= 11 is 6.60. The number of benzene rings is 1. The van der Waals surface area contributed by atoms with E-state index in [1.807, 2.05) is 41.3 Å².